The highest BCUT2D eigenvalue weighted by molar-refractivity contribution is 5.85. The molecule has 2 rings (SSSR count). The lowest BCUT2D eigenvalue weighted by Crippen LogP contribution is -2.48. The maximum absolute atomic E-state index is 12.1. The van der Waals surface area contributed by atoms with Crippen LogP contribution in [0.3, 0.4) is 0 Å². The lowest BCUT2D eigenvalue weighted by Gasteiger charge is -2.16. The number of hydrazine groups is 1. The zero-order valence-electron chi connectivity index (χ0n) is 17.3. The summed E-state index contributed by atoms with van der Waals surface area (Å²) in [4.78, 5) is 34.2. The number of nitrogens with one attached hydrogen (secondary N) is 2. The van der Waals surface area contributed by atoms with Crippen molar-refractivity contribution in [2.75, 3.05) is 6.61 Å². The number of carbonyl (C=O) groups excluding carboxylic acids is 2. The minimum Gasteiger partial charge on any atom is -0.483 e. The summed E-state index contributed by atoms with van der Waals surface area (Å²) in [6.07, 6.45) is -0.933. The van der Waals surface area contributed by atoms with Gasteiger partial charge in [-0.15, -0.1) is 0 Å². The quantitative estimate of drug-likeness (QED) is 0.505. The van der Waals surface area contributed by atoms with Crippen molar-refractivity contribution in [1.29, 1.82) is 0 Å². The Morgan fingerprint density at radius 2 is 1.73 bits per heavy atom. The number of nitro groups is 1. The van der Waals surface area contributed by atoms with Crippen molar-refractivity contribution < 1.29 is 24.0 Å². The third-order valence-electron chi connectivity index (χ3n) is 4.20. The molecule has 1 atom stereocenters. The maximum atomic E-state index is 12.1. The van der Waals surface area contributed by atoms with Gasteiger partial charge in [-0.2, -0.15) is 0 Å². The lowest BCUT2D eigenvalue weighted by atomic mass is 10.0. The van der Waals surface area contributed by atoms with Crippen LogP contribution in [0.2, 0.25) is 0 Å². The fraction of sp³-hybridized carbons (Fsp3) is 0.333. The molecule has 0 radical (unpaired) electrons. The summed E-state index contributed by atoms with van der Waals surface area (Å²) >= 11 is 0. The minimum absolute atomic E-state index is 0.0825. The second kappa shape index (κ2) is 10.2. The van der Waals surface area contributed by atoms with Gasteiger partial charge >= 0.3 is 0 Å². The summed E-state index contributed by atoms with van der Waals surface area (Å²) in [6.45, 7) is 7.22. The molecule has 0 saturated carbocycles. The van der Waals surface area contributed by atoms with E-state index >= 15 is 0 Å². The van der Waals surface area contributed by atoms with Gasteiger partial charge < -0.3 is 9.47 Å². The number of benzene rings is 2. The number of aryl methyl sites for hydroxylation is 1. The molecule has 2 aromatic carbocycles. The van der Waals surface area contributed by atoms with E-state index in [0.717, 1.165) is 11.1 Å². The average molecular weight is 415 g/mol. The van der Waals surface area contributed by atoms with Gasteiger partial charge in [-0.3, -0.25) is 30.6 Å². The van der Waals surface area contributed by atoms with Gasteiger partial charge in [0.05, 0.1) is 4.92 Å². The van der Waals surface area contributed by atoms with Crippen LogP contribution in [0.4, 0.5) is 5.69 Å². The molecule has 0 saturated heterocycles. The molecule has 0 aliphatic rings. The molecule has 9 nitrogen and oxygen atoms in total. The standard InChI is InChI=1S/C21H25N3O6/c1-13(2)18-10-5-14(3)11-19(18)29-12-20(25)22-23-21(26)15(4)30-17-8-6-16(7-9-17)24(27)28/h5-11,13,15H,12H2,1-4H3,(H,22,25)(H,23,26). The first-order chi connectivity index (χ1) is 14.2. The number of ether oxygens (including phenoxy) is 2. The summed E-state index contributed by atoms with van der Waals surface area (Å²) in [5, 5.41) is 10.7. The first kappa shape index (κ1) is 22.7. The van der Waals surface area contributed by atoms with Gasteiger partial charge in [0.1, 0.15) is 11.5 Å². The maximum Gasteiger partial charge on any atom is 0.279 e. The lowest BCUT2D eigenvalue weighted by molar-refractivity contribution is -0.384. The molecule has 2 N–H and O–H groups in total. The van der Waals surface area contributed by atoms with E-state index < -0.39 is 22.8 Å². The zero-order valence-corrected chi connectivity index (χ0v) is 17.3. The summed E-state index contributed by atoms with van der Waals surface area (Å²) in [5.74, 6) is 0.0444. The van der Waals surface area contributed by atoms with E-state index in [1.165, 1.54) is 31.2 Å². The SMILES string of the molecule is Cc1ccc(C(C)C)c(OCC(=O)NNC(=O)C(C)Oc2ccc([N+](=O)[O-])cc2)c1. The number of nitro benzene ring substituents is 1. The van der Waals surface area contributed by atoms with Crippen LogP contribution >= 0.6 is 0 Å². The smallest absolute Gasteiger partial charge is 0.279 e. The number of rotatable bonds is 8. The largest absolute Gasteiger partial charge is 0.483 e. The second-order valence-electron chi connectivity index (χ2n) is 7.03. The number of hydrogen-bond acceptors (Lipinski definition) is 6. The second-order valence-corrected chi connectivity index (χ2v) is 7.03. The highest BCUT2D eigenvalue weighted by Gasteiger charge is 2.17. The van der Waals surface area contributed by atoms with Crippen LogP contribution in [0, 0.1) is 17.0 Å². The van der Waals surface area contributed by atoms with Crippen molar-refractivity contribution in [3.05, 3.63) is 63.7 Å². The topological polar surface area (TPSA) is 120 Å². The summed E-state index contributed by atoms with van der Waals surface area (Å²) in [5.41, 5.74) is 6.46. The average Bonchev–Trinajstić information content (AvgIpc) is 2.70. The van der Waals surface area contributed by atoms with Crippen molar-refractivity contribution in [2.45, 2.75) is 39.7 Å². The highest BCUT2D eigenvalue weighted by Crippen LogP contribution is 2.27. The molecule has 9 heteroatoms. The molecule has 2 aromatic rings. The zero-order chi connectivity index (χ0) is 22.3. The Hall–Kier alpha value is -3.62. The van der Waals surface area contributed by atoms with Gasteiger partial charge in [0, 0.05) is 12.1 Å². The van der Waals surface area contributed by atoms with E-state index in [1.54, 1.807) is 0 Å². The van der Waals surface area contributed by atoms with Crippen LogP contribution < -0.4 is 20.3 Å². The third-order valence-corrected chi connectivity index (χ3v) is 4.20. The number of nitrogens with zero attached hydrogens (tertiary/aromatic N) is 1. The first-order valence-electron chi connectivity index (χ1n) is 9.40. The predicted molar refractivity (Wildman–Crippen MR) is 110 cm³/mol. The highest BCUT2D eigenvalue weighted by atomic mass is 16.6. The molecular weight excluding hydrogens is 390 g/mol. The van der Waals surface area contributed by atoms with E-state index in [9.17, 15) is 19.7 Å². The molecule has 30 heavy (non-hydrogen) atoms. The van der Waals surface area contributed by atoms with Crippen molar-refractivity contribution in [2.24, 2.45) is 0 Å². The van der Waals surface area contributed by atoms with Crippen LogP contribution in [-0.2, 0) is 9.59 Å². The van der Waals surface area contributed by atoms with E-state index in [0.29, 0.717) is 11.5 Å². The number of amides is 2. The molecular formula is C21H25N3O6. The predicted octanol–water partition coefficient (Wildman–Crippen LogP) is 3.02. The molecule has 160 valence electrons. The summed E-state index contributed by atoms with van der Waals surface area (Å²) in [7, 11) is 0. The van der Waals surface area contributed by atoms with E-state index in [1.807, 2.05) is 39.0 Å². The Kier molecular flexibility index (Phi) is 7.74. The van der Waals surface area contributed by atoms with Gasteiger partial charge in [0.25, 0.3) is 17.5 Å². The van der Waals surface area contributed by atoms with Gasteiger partial charge in [0.15, 0.2) is 12.7 Å². The monoisotopic (exact) mass is 415 g/mol. The van der Waals surface area contributed by atoms with E-state index in [-0.39, 0.29) is 18.2 Å². The molecule has 0 fully saturated rings. The van der Waals surface area contributed by atoms with Crippen molar-refractivity contribution in [3.8, 4) is 11.5 Å². The first-order valence-corrected chi connectivity index (χ1v) is 9.40. The Morgan fingerprint density at radius 1 is 1.07 bits per heavy atom. The molecule has 2 amide bonds. The van der Waals surface area contributed by atoms with Gasteiger partial charge in [0.2, 0.25) is 0 Å². The van der Waals surface area contributed by atoms with Crippen LogP contribution in [0.25, 0.3) is 0 Å². The van der Waals surface area contributed by atoms with Crippen molar-refractivity contribution >= 4 is 17.5 Å². The molecule has 0 aliphatic heterocycles. The Morgan fingerprint density at radius 3 is 2.33 bits per heavy atom. The van der Waals surface area contributed by atoms with Crippen LogP contribution in [0.15, 0.2) is 42.5 Å². The molecule has 1 unspecified atom stereocenters. The molecule has 0 aliphatic carbocycles. The Balaban J connectivity index is 1.82. The third kappa shape index (κ3) is 6.47. The fourth-order valence-corrected chi connectivity index (χ4v) is 2.56. The molecule has 0 heterocycles. The number of non-ortho nitro benzene ring substituents is 1. The normalized spacial score (nSPS) is 11.5. The van der Waals surface area contributed by atoms with E-state index in [2.05, 4.69) is 10.9 Å². The summed E-state index contributed by atoms with van der Waals surface area (Å²) in [6, 6.07) is 11.1. The van der Waals surface area contributed by atoms with Crippen molar-refractivity contribution in [1.82, 2.24) is 10.9 Å². The Bertz CT molecular complexity index is 911. The minimum atomic E-state index is -0.933. The fourth-order valence-electron chi connectivity index (χ4n) is 2.56. The number of hydrogen-bond donors (Lipinski definition) is 2. The Labute approximate surface area is 174 Å². The van der Waals surface area contributed by atoms with Gasteiger partial charge in [-0.05, 0) is 49.1 Å². The molecule has 0 aromatic heterocycles. The molecule has 0 bridgehead atoms. The van der Waals surface area contributed by atoms with Gasteiger partial charge in [-0.1, -0.05) is 26.0 Å². The van der Waals surface area contributed by atoms with Crippen LogP contribution in [-0.4, -0.2) is 29.4 Å². The van der Waals surface area contributed by atoms with Crippen molar-refractivity contribution in [3.63, 3.8) is 0 Å². The van der Waals surface area contributed by atoms with Crippen LogP contribution in [0.1, 0.15) is 37.8 Å². The summed E-state index contributed by atoms with van der Waals surface area (Å²) < 4.78 is 11.0. The number of carbonyl (C=O) groups is 2. The van der Waals surface area contributed by atoms with Gasteiger partial charge in [-0.25, -0.2) is 0 Å². The molecule has 0 spiro atoms. The van der Waals surface area contributed by atoms with E-state index in [4.69, 9.17) is 9.47 Å². The van der Waals surface area contributed by atoms with Crippen LogP contribution in [0.5, 0.6) is 11.5 Å².